The van der Waals surface area contributed by atoms with Crippen molar-refractivity contribution in [2.45, 2.75) is 20.0 Å². The average molecular weight is 469 g/mol. The lowest BCUT2D eigenvalue weighted by molar-refractivity contribution is -0.116. The van der Waals surface area contributed by atoms with Crippen molar-refractivity contribution in [2.24, 2.45) is 10.7 Å². The van der Waals surface area contributed by atoms with Gasteiger partial charge in [0.25, 0.3) is 0 Å². The normalized spacial score (nSPS) is 10.8. The molecule has 4 N–H and O–H groups in total. The second kappa shape index (κ2) is 11.4. The van der Waals surface area contributed by atoms with Gasteiger partial charge >= 0.3 is 0 Å². The molecular formula is C18H24IN5O2. The van der Waals surface area contributed by atoms with E-state index in [0.29, 0.717) is 12.4 Å². The minimum atomic E-state index is -0.158. The number of aromatic nitrogens is 1. The first-order chi connectivity index (χ1) is 12.1. The number of pyridine rings is 1. The minimum Gasteiger partial charge on any atom is -0.380 e. The number of methoxy groups -OCH3 is 1. The van der Waals surface area contributed by atoms with Gasteiger partial charge in [-0.15, -0.1) is 24.0 Å². The first-order valence-corrected chi connectivity index (χ1v) is 7.96. The molecule has 0 unspecified atom stereocenters. The molecule has 140 valence electrons. The maximum atomic E-state index is 11.9. The molecule has 0 aliphatic rings. The van der Waals surface area contributed by atoms with Gasteiger partial charge < -0.3 is 21.1 Å². The molecule has 2 rings (SSSR count). The Morgan fingerprint density at radius 1 is 1.19 bits per heavy atom. The lowest BCUT2D eigenvalue weighted by Gasteiger charge is -2.10. The Morgan fingerprint density at radius 2 is 1.96 bits per heavy atom. The van der Waals surface area contributed by atoms with Crippen molar-refractivity contribution in [1.29, 1.82) is 0 Å². The van der Waals surface area contributed by atoms with Crippen LogP contribution in [-0.4, -0.2) is 30.5 Å². The second-order valence-corrected chi connectivity index (χ2v) is 5.44. The summed E-state index contributed by atoms with van der Waals surface area (Å²) in [5.41, 5.74) is 8.54. The molecule has 7 nitrogen and oxygen atoms in total. The van der Waals surface area contributed by atoms with Crippen LogP contribution in [0.5, 0.6) is 0 Å². The molecule has 1 amide bonds. The highest BCUT2D eigenvalue weighted by molar-refractivity contribution is 14.0. The average Bonchev–Trinajstić information content (AvgIpc) is 2.57. The number of aliphatic imine (C=N–C) groups is 1. The SMILES string of the molecule is COCc1ccccc1NC(N)=NCCC(=O)Nc1cccc(C)n1.I. The highest BCUT2D eigenvalue weighted by Crippen LogP contribution is 2.15. The number of guanidine groups is 1. The van der Waals surface area contributed by atoms with Crippen molar-refractivity contribution in [2.75, 3.05) is 24.3 Å². The summed E-state index contributed by atoms with van der Waals surface area (Å²) in [7, 11) is 1.63. The standard InChI is InChI=1S/C18H23N5O2.HI/c1-13-6-5-9-16(21-13)23-17(24)10-11-20-18(19)22-15-8-4-3-7-14(15)12-25-2;/h3-9H,10-12H2,1-2H3,(H3,19,20,22)(H,21,23,24);1H. The van der Waals surface area contributed by atoms with E-state index in [-0.39, 0.29) is 48.8 Å². The van der Waals surface area contributed by atoms with E-state index < -0.39 is 0 Å². The zero-order chi connectivity index (χ0) is 18.1. The predicted octanol–water partition coefficient (Wildman–Crippen LogP) is 2.91. The Labute approximate surface area is 170 Å². The number of nitrogens with two attached hydrogens (primary N) is 1. The molecule has 0 radical (unpaired) electrons. The molecule has 1 aromatic heterocycles. The Kier molecular flexibility index (Phi) is 9.60. The third-order valence-electron chi connectivity index (χ3n) is 3.36. The maximum absolute atomic E-state index is 11.9. The number of para-hydroxylation sites is 1. The molecule has 26 heavy (non-hydrogen) atoms. The smallest absolute Gasteiger partial charge is 0.227 e. The van der Waals surface area contributed by atoms with E-state index in [0.717, 1.165) is 16.9 Å². The first kappa shape index (κ1) is 21.8. The van der Waals surface area contributed by atoms with Crippen molar-refractivity contribution in [3.05, 3.63) is 53.7 Å². The number of nitrogens with zero attached hydrogens (tertiary/aromatic N) is 2. The van der Waals surface area contributed by atoms with Crippen molar-refractivity contribution in [3.63, 3.8) is 0 Å². The number of anilines is 2. The van der Waals surface area contributed by atoms with Crippen LogP contribution in [0.3, 0.4) is 0 Å². The van der Waals surface area contributed by atoms with Crippen LogP contribution in [-0.2, 0) is 16.1 Å². The van der Waals surface area contributed by atoms with Crippen molar-refractivity contribution in [1.82, 2.24) is 4.98 Å². The summed E-state index contributed by atoms with van der Waals surface area (Å²) in [5.74, 6) is 0.632. The number of halogens is 1. The van der Waals surface area contributed by atoms with Crippen LogP contribution in [0.25, 0.3) is 0 Å². The molecule has 0 aliphatic carbocycles. The molecule has 0 saturated heterocycles. The van der Waals surface area contributed by atoms with Gasteiger partial charge in [0.1, 0.15) is 5.82 Å². The van der Waals surface area contributed by atoms with E-state index in [2.05, 4.69) is 20.6 Å². The molecule has 0 atom stereocenters. The highest BCUT2D eigenvalue weighted by atomic mass is 127. The van der Waals surface area contributed by atoms with Crippen LogP contribution >= 0.6 is 24.0 Å². The van der Waals surface area contributed by atoms with E-state index in [4.69, 9.17) is 10.5 Å². The molecule has 1 heterocycles. The Morgan fingerprint density at radius 3 is 2.69 bits per heavy atom. The van der Waals surface area contributed by atoms with E-state index in [1.807, 2.05) is 43.3 Å². The maximum Gasteiger partial charge on any atom is 0.227 e. The van der Waals surface area contributed by atoms with Crippen LogP contribution in [0.1, 0.15) is 17.7 Å². The summed E-state index contributed by atoms with van der Waals surface area (Å²) < 4.78 is 5.15. The van der Waals surface area contributed by atoms with E-state index in [1.165, 1.54) is 0 Å². The lowest BCUT2D eigenvalue weighted by Crippen LogP contribution is -2.24. The fraction of sp³-hybridized carbons (Fsp3) is 0.278. The lowest BCUT2D eigenvalue weighted by atomic mass is 10.2. The highest BCUT2D eigenvalue weighted by Gasteiger charge is 2.05. The second-order valence-electron chi connectivity index (χ2n) is 5.44. The molecule has 0 fully saturated rings. The third-order valence-corrected chi connectivity index (χ3v) is 3.36. The number of amides is 1. The topological polar surface area (TPSA) is 102 Å². The summed E-state index contributed by atoms with van der Waals surface area (Å²) in [5, 5.41) is 5.76. The monoisotopic (exact) mass is 469 g/mol. The first-order valence-electron chi connectivity index (χ1n) is 7.96. The quantitative estimate of drug-likeness (QED) is 0.329. The van der Waals surface area contributed by atoms with E-state index >= 15 is 0 Å². The van der Waals surface area contributed by atoms with Gasteiger partial charge in [-0.3, -0.25) is 9.79 Å². The number of nitrogens with one attached hydrogen (secondary N) is 2. The number of hydrogen-bond donors (Lipinski definition) is 3. The van der Waals surface area contributed by atoms with Gasteiger partial charge in [-0.25, -0.2) is 4.98 Å². The largest absolute Gasteiger partial charge is 0.380 e. The molecule has 2 aromatic rings. The van der Waals surface area contributed by atoms with Gasteiger partial charge in [0, 0.05) is 30.5 Å². The molecular weight excluding hydrogens is 445 g/mol. The molecule has 0 aliphatic heterocycles. The third kappa shape index (κ3) is 7.36. The predicted molar refractivity (Wildman–Crippen MR) is 115 cm³/mol. The van der Waals surface area contributed by atoms with Gasteiger partial charge in [0.05, 0.1) is 13.2 Å². The van der Waals surface area contributed by atoms with Crippen LogP contribution in [0, 0.1) is 6.92 Å². The Bertz CT molecular complexity index is 752. The summed E-state index contributed by atoms with van der Waals surface area (Å²) in [6, 6.07) is 13.1. The Hall–Kier alpha value is -2.20. The van der Waals surface area contributed by atoms with Gasteiger partial charge in [-0.05, 0) is 25.1 Å². The van der Waals surface area contributed by atoms with Gasteiger partial charge in [-0.2, -0.15) is 0 Å². The van der Waals surface area contributed by atoms with Crippen LogP contribution < -0.4 is 16.4 Å². The fourth-order valence-electron chi connectivity index (χ4n) is 2.20. The van der Waals surface area contributed by atoms with Gasteiger partial charge in [-0.1, -0.05) is 24.3 Å². The number of rotatable bonds is 7. The van der Waals surface area contributed by atoms with Crippen LogP contribution in [0.2, 0.25) is 0 Å². The summed E-state index contributed by atoms with van der Waals surface area (Å²) >= 11 is 0. The minimum absolute atomic E-state index is 0. The molecule has 8 heteroatoms. The summed E-state index contributed by atoms with van der Waals surface area (Å²) in [6.45, 7) is 2.62. The molecule has 0 bridgehead atoms. The number of hydrogen-bond acceptors (Lipinski definition) is 4. The summed E-state index contributed by atoms with van der Waals surface area (Å²) in [4.78, 5) is 20.3. The number of aryl methyl sites for hydroxylation is 1. The number of ether oxygens (including phenoxy) is 1. The van der Waals surface area contributed by atoms with Crippen molar-refractivity contribution in [3.8, 4) is 0 Å². The van der Waals surface area contributed by atoms with Crippen LogP contribution in [0.4, 0.5) is 11.5 Å². The van der Waals surface area contributed by atoms with E-state index in [9.17, 15) is 4.79 Å². The molecule has 1 aromatic carbocycles. The molecule has 0 spiro atoms. The Balaban J connectivity index is 0.00000338. The zero-order valence-corrected chi connectivity index (χ0v) is 17.2. The van der Waals surface area contributed by atoms with Crippen molar-refractivity contribution >= 4 is 47.3 Å². The fourth-order valence-corrected chi connectivity index (χ4v) is 2.20. The van der Waals surface area contributed by atoms with Crippen LogP contribution in [0.15, 0.2) is 47.5 Å². The molecule has 0 saturated carbocycles. The number of benzene rings is 1. The van der Waals surface area contributed by atoms with Gasteiger partial charge in [0.15, 0.2) is 5.96 Å². The zero-order valence-electron chi connectivity index (χ0n) is 14.9. The van der Waals surface area contributed by atoms with Gasteiger partial charge in [0.2, 0.25) is 5.91 Å². The number of carbonyl (C=O) groups excluding carboxylic acids is 1. The number of carbonyl (C=O) groups is 1. The summed E-state index contributed by atoms with van der Waals surface area (Å²) in [6.07, 6.45) is 0.220. The van der Waals surface area contributed by atoms with Crippen molar-refractivity contribution < 1.29 is 9.53 Å². The van der Waals surface area contributed by atoms with E-state index in [1.54, 1.807) is 13.2 Å².